The zero-order chi connectivity index (χ0) is 9.97. The maximum absolute atomic E-state index is 6.10. The van der Waals surface area contributed by atoms with Crippen LogP contribution in [0, 0.1) is 12.8 Å². The van der Waals surface area contributed by atoms with Crippen molar-refractivity contribution in [3.05, 3.63) is 17.5 Å². The van der Waals surface area contributed by atoms with Gasteiger partial charge in [0.1, 0.15) is 0 Å². The Morgan fingerprint density at radius 3 is 2.93 bits per heavy atom. The van der Waals surface area contributed by atoms with Gasteiger partial charge in [0.25, 0.3) is 0 Å². The summed E-state index contributed by atoms with van der Waals surface area (Å²) in [4.78, 5) is 0. The summed E-state index contributed by atoms with van der Waals surface area (Å²) in [7, 11) is 0. The molecule has 0 spiro atoms. The second-order valence-electron chi connectivity index (χ2n) is 4.45. The number of nitrogens with two attached hydrogens (primary N) is 1. The highest BCUT2D eigenvalue weighted by Crippen LogP contribution is 2.25. The van der Waals surface area contributed by atoms with E-state index >= 15 is 0 Å². The average Bonchev–Trinajstić information content (AvgIpc) is 2.56. The molecule has 2 rings (SSSR count). The highest BCUT2D eigenvalue weighted by atomic mass is 15.1. The molecular weight excluding hydrogens is 174 g/mol. The Kier molecular flexibility index (Phi) is 2.87. The summed E-state index contributed by atoms with van der Waals surface area (Å²) in [6.45, 7) is 2.04. The molecule has 2 unspecified atom stereocenters. The van der Waals surface area contributed by atoms with Crippen LogP contribution >= 0.6 is 0 Å². The molecular formula is C11H19N3. The topological polar surface area (TPSA) is 54.7 Å². The monoisotopic (exact) mass is 193 g/mol. The van der Waals surface area contributed by atoms with Gasteiger partial charge in [0, 0.05) is 11.7 Å². The van der Waals surface area contributed by atoms with E-state index in [0.29, 0.717) is 12.0 Å². The third-order valence-corrected chi connectivity index (χ3v) is 3.20. The third kappa shape index (κ3) is 2.15. The number of hydrogen-bond donors (Lipinski definition) is 2. The third-order valence-electron chi connectivity index (χ3n) is 3.20. The van der Waals surface area contributed by atoms with Crippen molar-refractivity contribution in [1.82, 2.24) is 10.2 Å². The lowest BCUT2D eigenvalue weighted by molar-refractivity contribution is 0.304. The zero-order valence-electron chi connectivity index (χ0n) is 8.79. The number of H-pyrrole nitrogens is 1. The molecule has 2 atom stereocenters. The Labute approximate surface area is 85.1 Å². The minimum atomic E-state index is 0.390. The van der Waals surface area contributed by atoms with Crippen molar-refractivity contribution in [2.75, 3.05) is 0 Å². The zero-order valence-corrected chi connectivity index (χ0v) is 8.79. The Hall–Kier alpha value is -0.830. The van der Waals surface area contributed by atoms with Crippen molar-refractivity contribution in [2.24, 2.45) is 11.7 Å². The number of nitrogens with zero attached hydrogens (tertiary/aromatic N) is 1. The molecule has 0 radical (unpaired) electrons. The Morgan fingerprint density at radius 1 is 1.50 bits per heavy atom. The molecule has 1 fully saturated rings. The van der Waals surface area contributed by atoms with E-state index in [0.717, 1.165) is 12.1 Å². The van der Waals surface area contributed by atoms with Crippen molar-refractivity contribution >= 4 is 0 Å². The van der Waals surface area contributed by atoms with Crippen LogP contribution in [0.25, 0.3) is 0 Å². The minimum Gasteiger partial charge on any atom is -0.327 e. The van der Waals surface area contributed by atoms with Gasteiger partial charge in [-0.1, -0.05) is 12.8 Å². The summed E-state index contributed by atoms with van der Waals surface area (Å²) in [5, 5.41) is 7.25. The summed E-state index contributed by atoms with van der Waals surface area (Å²) in [5.74, 6) is 0.645. The van der Waals surface area contributed by atoms with Gasteiger partial charge in [-0.2, -0.15) is 5.10 Å². The maximum atomic E-state index is 6.10. The summed E-state index contributed by atoms with van der Waals surface area (Å²) in [6.07, 6.45) is 6.14. The number of aromatic nitrogens is 2. The van der Waals surface area contributed by atoms with E-state index in [1.807, 2.05) is 6.92 Å². The van der Waals surface area contributed by atoms with Crippen LogP contribution in [0.2, 0.25) is 0 Å². The molecule has 0 aliphatic heterocycles. The Balaban J connectivity index is 1.95. The van der Waals surface area contributed by atoms with Gasteiger partial charge in [-0.05, 0) is 38.2 Å². The van der Waals surface area contributed by atoms with Crippen molar-refractivity contribution < 1.29 is 0 Å². The summed E-state index contributed by atoms with van der Waals surface area (Å²) in [6, 6.07) is 2.52. The summed E-state index contributed by atoms with van der Waals surface area (Å²) < 4.78 is 0. The fourth-order valence-corrected chi connectivity index (χ4v) is 2.34. The fourth-order valence-electron chi connectivity index (χ4n) is 2.34. The SMILES string of the molecule is Cc1cc(CC2CCCCC2N)n[nH]1. The molecule has 1 aliphatic carbocycles. The maximum Gasteiger partial charge on any atom is 0.0628 e. The lowest BCUT2D eigenvalue weighted by Crippen LogP contribution is -2.34. The predicted octanol–water partition coefficient (Wildman–Crippen LogP) is 1.78. The second kappa shape index (κ2) is 4.13. The van der Waals surface area contributed by atoms with E-state index in [9.17, 15) is 0 Å². The first kappa shape index (κ1) is 9.71. The fraction of sp³-hybridized carbons (Fsp3) is 0.727. The first-order chi connectivity index (χ1) is 6.75. The molecule has 3 N–H and O–H groups in total. The first-order valence-corrected chi connectivity index (χ1v) is 5.52. The summed E-state index contributed by atoms with van der Waals surface area (Å²) in [5.41, 5.74) is 8.41. The largest absolute Gasteiger partial charge is 0.327 e. The molecule has 0 bridgehead atoms. The van der Waals surface area contributed by atoms with Gasteiger partial charge in [0.2, 0.25) is 0 Å². The second-order valence-corrected chi connectivity index (χ2v) is 4.45. The van der Waals surface area contributed by atoms with Crippen molar-refractivity contribution in [3.63, 3.8) is 0 Å². The van der Waals surface area contributed by atoms with Gasteiger partial charge in [-0.15, -0.1) is 0 Å². The first-order valence-electron chi connectivity index (χ1n) is 5.52. The Morgan fingerprint density at radius 2 is 2.29 bits per heavy atom. The molecule has 14 heavy (non-hydrogen) atoms. The highest BCUT2D eigenvalue weighted by molar-refractivity contribution is 5.08. The van der Waals surface area contributed by atoms with E-state index in [2.05, 4.69) is 16.3 Å². The van der Waals surface area contributed by atoms with E-state index in [-0.39, 0.29) is 0 Å². The lowest BCUT2D eigenvalue weighted by Gasteiger charge is -2.27. The van der Waals surface area contributed by atoms with E-state index < -0.39 is 0 Å². The molecule has 78 valence electrons. The van der Waals surface area contributed by atoms with Crippen molar-refractivity contribution in [1.29, 1.82) is 0 Å². The van der Waals surface area contributed by atoms with Crippen molar-refractivity contribution in [2.45, 2.75) is 45.1 Å². The van der Waals surface area contributed by atoms with Gasteiger partial charge in [0.15, 0.2) is 0 Å². The van der Waals surface area contributed by atoms with E-state index in [4.69, 9.17) is 5.73 Å². The molecule has 1 aromatic rings. The molecule has 1 heterocycles. The number of aromatic amines is 1. The van der Waals surface area contributed by atoms with Gasteiger partial charge >= 0.3 is 0 Å². The van der Waals surface area contributed by atoms with Crippen LogP contribution in [0.4, 0.5) is 0 Å². The molecule has 0 aromatic carbocycles. The van der Waals surface area contributed by atoms with E-state index in [1.54, 1.807) is 0 Å². The molecule has 0 amide bonds. The van der Waals surface area contributed by atoms with Crippen LogP contribution in [0.5, 0.6) is 0 Å². The number of aryl methyl sites for hydroxylation is 1. The number of hydrogen-bond acceptors (Lipinski definition) is 2. The van der Waals surface area contributed by atoms with Crippen LogP contribution in [-0.2, 0) is 6.42 Å². The lowest BCUT2D eigenvalue weighted by atomic mass is 9.82. The standard InChI is InChI=1S/C11H19N3/c1-8-6-10(14-13-8)7-9-4-2-3-5-11(9)12/h6,9,11H,2-5,7,12H2,1H3,(H,13,14). The van der Waals surface area contributed by atoms with Gasteiger partial charge in [-0.3, -0.25) is 5.10 Å². The molecule has 3 heteroatoms. The summed E-state index contributed by atoms with van der Waals surface area (Å²) >= 11 is 0. The van der Waals surface area contributed by atoms with Crippen molar-refractivity contribution in [3.8, 4) is 0 Å². The number of rotatable bonds is 2. The van der Waals surface area contributed by atoms with Gasteiger partial charge < -0.3 is 5.73 Å². The predicted molar refractivity (Wildman–Crippen MR) is 57.0 cm³/mol. The van der Waals surface area contributed by atoms with Gasteiger partial charge in [-0.25, -0.2) is 0 Å². The van der Waals surface area contributed by atoms with Crippen LogP contribution in [0.15, 0.2) is 6.07 Å². The number of nitrogens with one attached hydrogen (secondary N) is 1. The average molecular weight is 193 g/mol. The van der Waals surface area contributed by atoms with Crippen LogP contribution in [0.3, 0.4) is 0 Å². The van der Waals surface area contributed by atoms with Crippen LogP contribution in [-0.4, -0.2) is 16.2 Å². The minimum absolute atomic E-state index is 0.390. The molecule has 0 saturated heterocycles. The molecule has 1 aromatic heterocycles. The smallest absolute Gasteiger partial charge is 0.0628 e. The Bertz CT molecular complexity index is 292. The molecule has 1 aliphatic rings. The molecule has 1 saturated carbocycles. The van der Waals surface area contributed by atoms with E-state index in [1.165, 1.54) is 31.4 Å². The van der Waals surface area contributed by atoms with Crippen LogP contribution < -0.4 is 5.73 Å². The highest BCUT2D eigenvalue weighted by Gasteiger charge is 2.22. The normalized spacial score (nSPS) is 27.9. The van der Waals surface area contributed by atoms with Gasteiger partial charge in [0.05, 0.1) is 5.69 Å². The molecule has 3 nitrogen and oxygen atoms in total. The van der Waals surface area contributed by atoms with Crippen LogP contribution in [0.1, 0.15) is 37.1 Å². The quantitative estimate of drug-likeness (QED) is 0.752.